The Morgan fingerprint density at radius 3 is 2.63 bits per heavy atom. The van der Waals surface area contributed by atoms with Gasteiger partial charge in [0.15, 0.2) is 5.65 Å². The van der Waals surface area contributed by atoms with Gasteiger partial charge in [0.05, 0.1) is 22.1 Å². The molecule has 0 saturated carbocycles. The van der Waals surface area contributed by atoms with Crippen molar-refractivity contribution >= 4 is 39.4 Å². The van der Waals surface area contributed by atoms with Gasteiger partial charge in [0, 0.05) is 64.8 Å². The quantitative estimate of drug-likeness (QED) is 0.320. The summed E-state index contributed by atoms with van der Waals surface area (Å²) in [6, 6.07) is 11.7. The van der Waals surface area contributed by atoms with Crippen LogP contribution in [0.2, 0.25) is 0 Å². The summed E-state index contributed by atoms with van der Waals surface area (Å²) in [5, 5.41) is 0.448. The Labute approximate surface area is 237 Å². The Hall–Kier alpha value is -4.31. The minimum Gasteiger partial charge on any atom is -0.356 e. The summed E-state index contributed by atoms with van der Waals surface area (Å²) >= 11 is 0. The van der Waals surface area contributed by atoms with Crippen LogP contribution in [0.1, 0.15) is 41.2 Å². The van der Waals surface area contributed by atoms with E-state index >= 15 is 0 Å². The number of hydrogen-bond acceptors (Lipinski definition) is 7. The maximum absolute atomic E-state index is 14.1. The lowest BCUT2D eigenvalue weighted by molar-refractivity contribution is 0.0782. The Kier molecular flexibility index (Phi) is 6.42. The van der Waals surface area contributed by atoms with Gasteiger partial charge in [-0.2, -0.15) is 0 Å². The third-order valence-electron chi connectivity index (χ3n) is 8.81. The number of benzene rings is 1. The van der Waals surface area contributed by atoms with E-state index in [1.165, 1.54) is 12.8 Å². The van der Waals surface area contributed by atoms with E-state index in [9.17, 15) is 9.59 Å². The molecule has 6 heterocycles. The summed E-state index contributed by atoms with van der Waals surface area (Å²) in [4.78, 5) is 48.2. The molecule has 1 aromatic carbocycles. The van der Waals surface area contributed by atoms with Gasteiger partial charge in [-0.15, -0.1) is 0 Å². The van der Waals surface area contributed by atoms with E-state index in [1.807, 2.05) is 58.6 Å². The van der Waals surface area contributed by atoms with Gasteiger partial charge in [0.25, 0.3) is 5.91 Å². The number of aryl methyl sites for hydroxylation is 1. The van der Waals surface area contributed by atoms with Crippen molar-refractivity contribution in [1.82, 2.24) is 33.7 Å². The zero-order chi connectivity index (χ0) is 28.1. The lowest BCUT2D eigenvalue weighted by atomic mass is 10.1. The molecule has 2 aliphatic heterocycles. The van der Waals surface area contributed by atoms with Crippen LogP contribution in [-0.4, -0.2) is 85.9 Å². The van der Waals surface area contributed by atoms with Gasteiger partial charge in [0.2, 0.25) is 5.43 Å². The predicted octanol–water partition coefficient (Wildman–Crippen LogP) is 3.29. The van der Waals surface area contributed by atoms with Gasteiger partial charge >= 0.3 is 0 Å². The summed E-state index contributed by atoms with van der Waals surface area (Å²) in [5.41, 5.74) is 3.89. The fourth-order valence-corrected chi connectivity index (χ4v) is 6.52. The highest BCUT2D eigenvalue weighted by atomic mass is 16.2. The highest BCUT2D eigenvalue weighted by Gasteiger charge is 2.29. The molecular weight excluding hydrogens is 516 g/mol. The molecule has 1 unspecified atom stereocenters. The molecule has 2 aliphatic rings. The van der Waals surface area contributed by atoms with Crippen molar-refractivity contribution in [3.8, 4) is 0 Å². The number of aromatic nitrogens is 5. The topological polar surface area (TPSA) is 91.9 Å². The number of nitrogens with zero attached hydrogens (tertiary/aromatic N) is 8. The summed E-state index contributed by atoms with van der Waals surface area (Å²) < 4.78 is 3.94. The molecule has 0 N–H and O–H groups in total. The minimum absolute atomic E-state index is 0.193. The average Bonchev–Trinajstić information content (AvgIpc) is 3.77. The van der Waals surface area contributed by atoms with Crippen LogP contribution >= 0.6 is 0 Å². The van der Waals surface area contributed by atoms with Crippen LogP contribution in [0.15, 0.2) is 59.8 Å². The molecule has 2 fully saturated rings. The van der Waals surface area contributed by atoms with Crippen LogP contribution in [-0.2, 0) is 7.05 Å². The number of likely N-dealkylation sites (tertiary alicyclic amines) is 1. The summed E-state index contributed by atoms with van der Waals surface area (Å²) in [5.74, 6) is 0.833. The molecule has 1 atom stereocenters. The minimum atomic E-state index is -0.276. The van der Waals surface area contributed by atoms with E-state index in [4.69, 9.17) is 4.98 Å². The number of anilines is 1. The number of hydrogen-bond donors (Lipinski definition) is 0. The Balaban J connectivity index is 1.33. The number of rotatable bonds is 6. The molecule has 10 heteroatoms. The van der Waals surface area contributed by atoms with Gasteiger partial charge in [-0.3, -0.25) is 24.0 Å². The number of amides is 1. The second-order valence-electron chi connectivity index (χ2n) is 11.3. The van der Waals surface area contributed by atoms with Crippen molar-refractivity contribution in [1.29, 1.82) is 0 Å². The first-order valence-electron chi connectivity index (χ1n) is 14.4. The molecule has 1 amide bonds. The average molecular weight is 551 g/mol. The van der Waals surface area contributed by atoms with Crippen molar-refractivity contribution < 1.29 is 4.79 Å². The van der Waals surface area contributed by atoms with E-state index in [0.717, 1.165) is 61.7 Å². The lowest BCUT2D eigenvalue weighted by Gasteiger charge is -2.22. The Bertz CT molecular complexity index is 1820. The largest absolute Gasteiger partial charge is 0.356 e. The first-order valence-corrected chi connectivity index (χ1v) is 14.4. The standard InChI is InChI=1S/C31H34N8O2/c1-35(17-18-37-14-5-6-15-37)31(41)27-28(40)22-9-10-26(38-16-11-21(20-38)23-19-32-12-13-33-23)34-29(22)39-25-8-4-3-7-24(25)36(2)30(27)39/h3-4,7-10,12-13,19,21H,5-6,11,14-18,20H2,1-2H3. The molecule has 0 aliphatic carbocycles. The highest BCUT2D eigenvalue weighted by Crippen LogP contribution is 2.31. The Morgan fingerprint density at radius 1 is 1.05 bits per heavy atom. The van der Waals surface area contributed by atoms with Crippen LogP contribution in [0, 0.1) is 0 Å². The van der Waals surface area contributed by atoms with E-state index < -0.39 is 0 Å². The van der Waals surface area contributed by atoms with E-state index in [0.29, 0.717) is 23.2 Å². The third kappa shape index (κ3) is 4.33. The monoisotopic (exact) mass is 550 g/mol. The van der Waals surface area contributed by atoms with E-state index in [1.54, 1.807) is 24.3 Å². The van der Waals surface area contributed by atoms with Crippen LogP contribution < -0.4 is 10.3 Å². The lowest BCUT2D eigenvalue weighted by Crippen LogP contribution is -2.37. The number of imidazole rings is 1. The van der Waals surface area contributed by atoms with Crippen molar-refractivity contribution in [3.63, 3.8) is 0 Å². The maximum atomic E-state index is 14.1. The van der Waals surface area contributed by atoms with Gasteiger partial charge in [-0.05, 0) is 56.6 Å². The molecular formula is C31H34N8O2. The first-order chi connectivity index (χ1) is 20.0. The molecule has 0 bridgehead atoms. The van der Waals surface area contributed by atoms with Crippen molar-refractivity contribution in [3.05, 3.63) is 76.5 Å². The zero-order valence-corrected chi connectivity index (χ0v) is 23.5. The van der Waals surface area contributed by atoms with Crippen molar-refractivity contribution in [2.45, 2.75) is 25.2 Å². The molecule has 41 heavy (non-hydrogen) atoms. The van der Waals surface area contributed by atoms with E-state index in [2.05, 4.69) is 19.8 Å². The molecule has 5 aromatic rings. The molecule has 4 aromatic heterocycles. The molecule has 10 nitrogen and oxygen atoms in total. The number of likely N-dealkylation sites (N-methyl/N-ethyl adjacent to an activating group) is 1. The normalized spacial score (nSPS) is 17.8. The molecule has 0 spiro atoms. The summed E-state index contributed by atoms with van der Waals surface area (Å²) in [7, 11) is 3.71. The Morgan fingerprint density at radius 2 is 1.85 bits per heavy atom. The van der Waals surface area contributed by atoms with Crippen molar-refractivity contribution in [2.75, 3.05) is 51.2 Å². The second-order valence-corrected chi connectivity index (χ2v) is 11.3. The van der Waals surface area contributed by atoms with E-state index in [-0.39, 0.29) is 22.8 Å². The number of fused-ring (bicyclic) bond motifs is 5. The predicted molar refractivity (Wildman–Crippen MR) is 160 cm³/mol. The third-order valence-corrected chi connectivity index (χ3v) is 8.81. The summed E-state index contributed by atoms with van der Waals surface area (Å²) in [6.45, 7) is 5.14. The molecule has 0 radical (unpaired) electrons. The second kappa shape index (κ2) is 10.3. The van der Waals surface area contributed by atoms with Gasteiger partial charge < -0.3 is 19.3 Å². The molecule has 210 valence electrons. The maximum Gasteiger partial charge on any atom is 0.261 e. The number of para-hydroxylation sites is 2. The smallest absolute Gasteiger partial charge is 0.261 e. The number of carbonyl (C=O) groups excluding carboxylic acids is 1. The van der Waals surface area contributed by atoms with Gasteiger partial charge in [-0.25, -0.2) is 4.98 Å². The molecule has 7 rings (SSSR count). The fourth-order valence-electron chi connectivity index (χ4n) is 6.52. The van der Waals surface area contributed by atoms with Crippen LogP contribution in [0.5, 0.6) is 0 Å². The van der Waals surface area contributed by atoms with Crippen LogP contribution in [0.25, 0.3) is 27.7 Å². The first kappa shape index (κ1) is 25.6. The number of pyridine rings is 2. The summed E-state index contributed by atoms with van der Waals surface area (Å²) in [6.07, 6.45) is 8.62. The zero-order valence-electron chi connectivity index (χ0n) is 23.5. The van der Waals surface area contributed by atoms with Gasteiger partial charge in [0.1, 0.15) is 17.0 Å². The fraction of sp³-hybridized carbons (Fsp3) is 0.387. The SMILES string of the molecule is CN(CCN1CCCC1)C(=O)c1c(=O)c2ccc(N3CCC(c4cnccn4)C3)nc2n2c3ccccc3n(C)c12. The van der Waals surface area contributed by atoms with Gasteiger partial charge in [-0.1, -0.05) is 12.1 Å². The van der Waals surface area contributed by atoms with Crippen molar-refractivity contribution in [2.24, 2.45) is 7.05 Å². The highest BCUT2D eigenvalue weighted by molar-refractivity contribution is 6.05. The number of carbonyl (C=O) groups is 1. The molecule has 2 saturated heterocycles. The van der Waals surface area contributed by atoms with Crippen LogP contribution in [0.4, 0.5) is 5.82 Å². The van der Waals surface area contributed by atoms with Crippen LogP contribution in [0.3, 0.4) is 0 Å².